The molecule has 2 atom stereocenters. The lowest BCUT2D eigenvalue weighted by molar-refractivity contribution is -0.118. The van der Waals surface area contributed by atoms with E-state index in [1.54, 1.807) is 13.0 Å². The number of carbonyl (C=O) groups is 1. The Bertz CT molecular complexity index is 502. The smallest absolute Gasteiger partial charge is 0.245 e. The van der Waals surface area contributed by atoms with Gasteiger partial charge in [-0.05, 0) is 25.5 Å². The summed E-state index contributed by atoms with van der Waals surface area (Å²) in [4.78, 5) is 11.8. The molecule has 18 heavy (non-hydrogen) atoms. The van der Waals surface area contributed by atoms with Crippen LogP contribution in [0.4, 0.5) is 10.1 Å². The maximum absolute atomic E-state index is 13.7. The van der Waals surface area contributed by atoms with E-state index in [4.69, 9.17) is 10.5 Å². The number of anilines is 1. The number of rotatable bonds is 2. The number of halogens is 1. The van der Waals surface area contributed by atoms with Crippen LogP contribution in [0.25, 0.3) is 0 Å². The highest BCUT2D eigenvalue weighted by molar-refractivity contribution is 5.98. The summed E-state index contributed by atoms with van der Waals surface area (Å²) < 4.78 is 19.3. The molecule has 0 aliphatic carbocycles. The fourth-order valence-corrected chi connectivity index (χ4v) is 1.87. The van der Waals surface area contributed by atoms with Crippen molar-refractivity contribution in [1.29, 1.82) is 0 Å². The van der Waals surface area contributed by atoms with Crippen molar-refractivity contribution in [2.45, 2.75) is 25.5 Å². The Labute approximate surface area is 105 Å². The largest absolute Gasteiger partial charge is 0.486 e. The zero-order chi connectivity index (χ0) is 13.3. The van der Waals surface area contributed by atoms with Crippen molar-refractivity contribution in [2.24, 2.45) is 5.73 Å². The zero-order valence-corrected chi connectivity index (χ0v) is 10.1. The molecular formula is C13H15FN2O2. The van der Waals surface area contributed by atoms with Gasteiger partial charge in [0.2, 0.25) is 5.91 Å². The van der Waals surface area contributed by atoms with Gasteiger partial charge >= 0.3 is 0 Å². The van der Waals surface area contributed by atoms with Crippen LogP contribution in [0.3, 0.4) is 0 Å². The predicted octanol–water partition coefficient (Wildman–Crippen LogP) is 1.60. The third-order valence-corrected chi connectivity index (χ3v) is 2.94. The molecule has 1 aromatic carbocycles. The first-order valence-electron chi connectivity index (χ1n) is 5.70. The second-order valence-electron chi connectivity index (χ2n) is 4.23. The van der Waals surface area contributed by atoms with Crippen molar-refractivity contribution in [3.63, 3.8) is 0 Å². The summed E-state index contributed by atoms with van der Waals surface area (Å²) in [5, 5.41) is 2.62. The minimum absolute atomic E-state index is 0.308. The Balaban J connectivity index is 2.53. The van der Waals surface area contributed by atoms with E-state index in [-0.39, 0.29) is 5.91 Å². The Kier molecular flexibility index (Phi) is 3.34. The van der Waals surface area contributed by atoms with Crippen LogP contribution < -0.4 is 15.8 Å². The van der Waals surface area contributed by atoms with E-state index < -0.39 is 18.0 Å². The van der Waals surface area contributed by atoms with Crippen LogP contribution in [0.15, 0.2) is 24.8 Å². The first kappa shape index (κ1) is 12.6. The summed E-state index contributed by atoms with van der Waals surface area (Å²) in [5.41, 5.74) is 6.42. The molecule has 5 heteroatoms. The van der Waals surface area contributed by atoms with Crippen molar-refractivity contribution in [1.82, 2.24) is 0 Å². The van der Waals surface area contributed by atoms with E-state index in [0.29, 0.717) is 23.4 Å². The van der Waals surface area contributed by atoms with Crippen LogP contribution in [-0.2, 0) is 11.2 Å². The number of nitrogens with one attached hydrogen (secondary N) is 1. The van der Waals surface area contributed by atoms with Crippen LogP contribution in [0.5, 0.6) is 5.75 Å². The van der Waals surface area contributed by atoms with Crippen LogP contribution in [0.1, 0.15) is 12.5 Å². The topological polar surface area (TPSA) is 64.4 Å². The fraction of sp³-hybridized carbons (Fsp3) is 0.308. The lowest BCUT2D eigenvalue weighted by Crippen LogP contribution is -2.44. The number of ether oxygens (including phenoxy) is 1. The molecule has 0 fully saturated rings. The van der Waals surface area contributed by atoms with Crippen molar-refractivity contribution < 1.29 is 13.9 Å². The Morgan fingerprint density at radius 1 is 1.61 bits per heavy atom. The minimum Gasteiger partial charge on any atom is -0.486 e. The Morgan fingerprint density at radius 3 is 3.00 bits per heavy atom. The molecule has 0 bridgehead atoms. The molecule has 0 aromatic heterocycles. The fourth-order valence-electron chi connectivity index (χ4n) is 1.87. The number of hydrogen-bond acceptors (Lipinski definition) is 3. The lowest BCUT2D eigenvalue weighted by atomic mass is 10.1. The second-order valence-corrected chi connectivity index (χ2v) is 4.23. The lowest BCUT2D eigenvalue weighted by Gasteiger charge is -2.16. The molecule has 3 N–H and O–H groups in total. The Hall–Kier alpha value is -1.88. The molecule has 0 saturated heterocycles. The van der Waals surface area contributed by atoms with Gasteiger partial charge < -0.3 is 15.8 Å². The monoisotopic (exact) mass is 250 g/mol. The summed E-state index contributed by atoms with van der Waals surface area (Å²) in [6.45, 7) is 5.28. The highest BCUT2D eigenvalue weighted by atomic mass is 19.1. The van der Waals surface area contributed by atoms with Gasteiger partial charge in [0.1, 0.15) is 23.7 Å². The maximum Gasteiger partial charge on any atom is 0.245 e. The van der Waals surface area contributed by atoms with Gasteiger partial charge in [-0.25, -0.2) is 4.39 Å². The van der Waals surface area contributed by atoms with Crippen molar-refractivity contribution in [2.75, 3.05) is 5.32 Å². The predicted molar refractivity (Wildman–Crippen MR) is 67.0 cm³/mol. The summed E-state index contributed by atoms with van der Waals surface area (Å²) in [7, 11) is 0. The average molecular weight is 250 g/mol. The number of benzene rings is 1. The molecule has 0 radical (unpaired) electrons. The van der Waals surface area contributed by atoms with Crippen LogP contribution >= 0.6 is 0 Å². The molecule has 0 saturated carbocycles. The van der Waals surface area contributed by atoms with Crippen LogP contribution in [-0.4, -0.2) is 18.1 Å². The Morgan fingerprint density at radius 2 is 2.33 bits per heavy atom. The van der Waals surface area contributed by atoms with Crippen molar-refractivity contribution in [3.8, 4) is 5.75 Å². The molecule has 4 nitrogen and oxygen atoms in total. The summed E-state index contributed by atoms with van der Waals surface area (Å²) in [6, 6.07) is 2.02. The molecule has 96 valence electrons. The van der Waals surface area contributed by atoms with Crippen LogP contribution in [0, 0.1) is 5.82 Å². The van der Waals surface area contributed by atoms with E-state index in [1.807, 2.05) is 0 Å². The normalized spacial score (nSPS) is 22.5. The van der Waals surface area contributed by atoms with Gasteiger partial charge in [0.25, 0.3) is 0 Å². The summed E-state index contributed by atoms with van der Waals surface area (Å²) >= 11 is 0. The number of allylic oxidation sites excluding steroid dienone is 1. The highest BCUT2D eigenvalue weighted by Crippen LogP contribution is 2.34. The molecule has 0 spiro atoms. The van der Waals surface area contributed by atoms with E-state index in [2.05, 4.69) is 11.9 Å². The molecule has 1 heterocycles. The highest BCUT2D eigenvalue weighted by Gasteiger charge is 2.29. The van der Waals surface area contributed by atoms with E-state index in [0.717, 1.165) is 0 Å². The van der Waals surface area contributed by atoms with E-state index in [1.165, 1.54) is 12.1 Å². The molecule has 1 aliphatic heterocycles. The molecular weight excluding hydrogens is 235 g/mol. The van der Waals surface area contributed by atoms with Gasteiger partial charge in [-0.2, -0.15) is 0 Å². The third kappa shape index (κ3) is 2.09. The first-order chi connectivity index (χ1) is 8.54. The van der Waals surface area contributed by atoms with Crippen LogP contribution in [0.2, 0.25) is 0 Å². The average Bonchev–Trinajstić information content (AvgIpc) is 2.44. The number of hydrogen-bond donors (Lipinski definition) is 2. The standard InChI is InChI=1S/C13H15FN2O2/c1-3-4-8-9(14)5-6-10-12(8)16-13(17)11(15)7(2)18-10/h3,5-7,11H,1,4,15H2,2H3,(H,16,17). The SMILES string of the molecule is C=CCc1c(F)ccc2c1NC(=O)C(N)C(C)O2. The van der Waals surface area contributed by atoms with Gasteiger partial charge in [-0.15, -0.1) is 6.58 Å². The molecule has 1 amide bonds. The minimum atomic E-state index is -0.781. The van der Waals surface area contributed by atoms with E-state index in [9.17, 15) is 9.18 Å². The maximum atomic E-state index is 13.7. The molecule has 2 unspecified atom stereocenters. The molecule has 2 rings (SSSR count). The summed E-state index contributed by atoms with van der Waals surface area (Å²) in [5.74, 6) is -0.347. The van der Waals surface area contributed by atoms with Gasteiger partial charge in [0.15, 0.2) is 0 Å². The molecule has 1 aliphatic rings. The summed E-state index contributed by atoms with van der Waals surface area (Å²) in [6.07, 6.45) is 1.41. The quantitative estimate of drug-likeness (QED) is 0.784. The number of carbonyl (C=O) groups excluding carboxylic acids is 1. The van der Waals surface area contributed by atoms with Gasteiger partial charge in [-0.1, -0.05) is 6.08 Å². The second kappa shape index (κ2) is 4.78. The van der Waals surface area contributed by atoms with Crippen molar-refractivity contribution in [3.05, 3.63) is 36.2 Å². The zero-order valence-electron chi connectivity index (χ0n) is 10.1. The van der Waals surface area contributed by atoms with E-state index >= 15 is 0 Å². The third-order valence-electron chi connectivity index (χ3n) is 2.94. The first-order valence-corrected chi connectivity index (χ1v) is 5.70. The number of nitrogens with two attached hydrogens (primary N) is 1. The van der Waals surface area contributed by atoms with Crippen molar-refractivity contribution >= 4 is 11.6 Å². The number of amides is 1. The van der Waals surface area contributed by atoms with Gasteiger partial charge in [-0.3, -0.25) is 4.79 Å². The van der Waals surface area contributed by atoms with Gasteiger partial charge in [0.05, 0.1) is 5.69 Å². The molecule has 1 aromatic rings. The van der Waals surface area contributed by atoms with Gasteiger partial charge in [0, 0.05) is 5.56 Å². The number of fused-ring (bicyclic) bond motifs is 1.